The van der Waals surface area contributed by atoms with Crippen LogP contribution in [0.3, 0.4) is 0 Å². The Kier molecular flexibility index (Phi) is 7.06. The number of hydrogen-bond donors (Lipinski definition) is 2. The van der Waals surface area contributed by atoms with Gasteiger partial charge in [0.1, 0.15) is 6.04 Å². The molecule has 0 fully saturated rings. The molecule has 0 spiro atoms. The Balaban J connectivity index is 1.29. The third-order valence-electron chi connectivity index (χ3n) is 4.76. The van der Waals surface area contributed by atoms with Crippen molar-refractivity contribution in [3.63, 3.8) is 0 Å². The number of aromatic nitrogens is 1. The number of thiazole rings is 1. The Hall–Kier alpha value is -1.80. The highest BCUT2D eigenvalue weighted by Gasteiger charge is 2.28. The first-order chi connectivity index (χ1) is 14.9. The van der Waals surface area contributed by atoms with E-state index in [2.05, 4.69) is 46.6 Å². The molecule has 5 nitrogen and oxygen atoms in total. The summed E-state index contributed by atoms with van der Waals surface area (Å²) < 4.78 is 1.01. The predicted octanol–water partition coefficient (Wildman–Crippen LogP) is 6.71. The highest BCUT2D eigenvalue weighted by molar-refractivity contribution is 8.27. The van der Waals surface area contributed by atoms with Crippen LogP contribution >= 0.6 is 46.3 Å². The molecule has 0 aliphatic carbocycles. The first-order valence-electron chi connectivity index (χ1n) is 10.0. The van der Waals surface area contributed by atoms with Gasteiger partial charge in [0.15, 0.2) is 10.3 Å². The number of aliphatic imine (C=N–C) groups is 1. The minimum absolute atomic E-state index is 0.123. The van der Waals surface area contributed by atoms with Gasteiger partial charge in [0.05, 0.1) is 20.3 Å². The third-order valence-corrected chi connectivity index (χ3v) is 7.33. The zero-order valence-corrected chi connectivity index (χ0v) is 20.3. The van der Waals surface area contributed by atoms with Crippen LogP contribution in [0.1, 0.15) is 25.8 Å². The number of rotatable bonds is 7. The van der Waals surface area contributed by atoms with Crippen LogP contribution in [0, 0.1) is 5.92 Å². The van der Waals surface area contributed by atoms with Crippen LogP contribution in [-0.4, -0.2) is 27.9 Å². The molecule has 0 bridgehead atoms. The van der Waals surface area contributed by atoms with Gasteiger partial charge in [-0.1, -0.05) is 60.5 Å². The van der Waals surface area contributed by atoms with Crippen molar-refractivity contribution in [1.82, 2.24) is 4.98 Å². The van der Waals surface area contributed by atoms with E-state index < -0.39 is 0 Å². The monoisotopic (exact) mass is 492 g/mol. The summed E-state index contributed by atoms with van der Waals surface area (Å²) in [7, 11) is 0. The third kappa shape index (κ3) is 5.71. The van der Waals surface area contributed by atoms with Crippen LogP contribution < -0.4 is 10.6 Å². The van der Waals surface area contributed by atoms with Gasteiger partial charge in [0, 0.05) is 12.2 Å². The highest BCUT2D eigenvalue weighted by atomic mass is 35.5. The Morgan fingerprint density at radius 1 is 1.13 bits per heavy atom. The first-order valence-corrected chi connectivity index (χ1v) is 12.4. The van der Waals surface area contributed by atoms with E-state index in [0.717, 1.165) is 40.4 Å². The normalized spacial score (nSPS) is 16.2. The van der Waals surface area contributed by atoms with Crippen molar-refractivity contribution in [3.05, 3.63) is 52.0 Å². The molecule has 0 saturated heterocycles. The van der Waals surface area contributed by atoms with E-state index in [-0.39, 0.29) is 11.2 Å². The Bertz CT molecular complexity index is 1090. The van der Waals surface area contributed by atoms with Gasteiger partial charge >= 0.3 is 0 Å². The summed E-state index contributed by atoms with van der Waals surface area (Å²) in [6.07, 6.45) is 1.65. The largest absolute Gasteiger partial charge is 0.361 e. The average Bonchev–Trinajstić information content (AvgIpc) is 3.25. The number of nitrogens with zero attached hydrogens (tertiary/aromatic N) is 2. The van der Waals surface area contributed by atoms with E-state index in [0.29, 0.717) is 21.1 Å². The van der Waals surface area contributed by atoms with Gasteiger partial charge in [-0.15, -0.1) is 0 Å². The van der Waals surface area contributed by atoms with Crippen LogP contribution in [0.25, 0.3) is 10.2 Å². The number of anilines is 2. The number of fused-ring (bicyclic) bond motifs is 1. The smallest absolute Gasteiger partial charge is 0.221 e. The maximum absolute atomic E-state index is 12.1. The fourth-order valence-corrected chi connectivity index (χ4v) is 5.35. The van der Waals surface area contributed by atoms with Crippen molar-refractivity contribution < 1.29 is 4.79 Å². The SMILES string of the molecule is CC(C)C[C@@H]1N=C(Nc2ccc(CCNc3nc4cc(Cl)c(Cl)cc4s3)cc2)SC1=O. The van der Waals surface area contributed by atoms with Gasteiger partial charge in [-0.2, -0.15) is 0 Å². The maximum atomic E-state index is 12.1. The van der Waals surface area contributed by atoms with Crippen molar-refractivity contribution in [2.45, 2.75) is 32.7 Å². The van der Waals surface area contributed by atoms with Gasteiger partial charge in [0.25, 0.3) is 0 Å². The number of amidine groups is 1. The standard InChI is InChI=1S/C22H22Cl2N4OS2/c1-12(2)9-18-20(29)31-22(28-18)26-14-5-3-13(4-6-14)7-8-25-21-27-17-10-15(23)16(24)11-19(17)30-21/h3-6,10-12,18H,7-9H2,1-2H3,(H,25,27)(H,26,28)/t18-/m0/s1. The topological polar surface area (TPSA) is 66.4 Å². The quantitative estimate of drug-likeness (QED) is 0.383. The fourth-order valence-electron chi connectivity index (χ4n) is 3.23. The zero-order chi connectivity index (χ0) is 22.0. The second kappa shape index (κ2) is 9.77. The molecular formula is C22H22Cl2N4OS2. The number of carbonyl (C=O) groups excluding carboxylic acids is 1. The minimum atomic E-state index is -0.229. The molecule has 2 heterocycles. The molecule has 2 N–H and O–H groups in total. The molecule has 162 valence electrons. The summed E-state index contributed by atoms with van der Waals surface area (Å²) in [6.45, 7) is 4.98. The van der Waals surface area contributed by atoms with Gasteiger partial charge in [-0.25, -0.2) is 9.98 Å². The molecule has 0 saturated carbocycles. The van der Waals surface area contributed by atoms with Crippen molar-refractivity contribution in [2.75, 3.05) is 17.2 Å². The second-order valence-corrected chi connectivity index (χ2v) is 10.6. The van der Waals surface area contributed by atoms with Crippen LogP contribution in [0.2, 0.25) is 10.0 Å². The highest BCUT2D eigenvalue weighted by Crippen LogP contribution is 2.33. The second-order valence-electron chi connectivity index (χ2n) is 7.75. The minimum Gasteiger partial charge on any atom is -0.361 e. The van der Waals surface area contributed by atoms with Gasteiger partial charge < -0.3 is 10.6 Å². The molecule has 0 radical (unpaired) electrons. The van der Waals surface area contributed by atoms with E-state index in [9.17, 15) is 4.79 Å². The molecule has 2 aromatic carbocycles. The molecule has 1 atom stereocenters. The molecule has 0 unspecified atom stereocenters. The lowest BCUT2D eigenvalue weighted by Gasteiger charge is -2.07. The molecule has 9 heteroatoms. The van der Waals surface area contributed by atoms with Crippen molar-refractivity contribution in [2.24, 2.45) is 10.9 Å². The molecule has 4 rings (SSSR count). The number of thioether (sulfide) groups is 1. The number of nitrogens with one attached hydrogen (secondary N) is 2. The lowest BCUT2D eigenvalue weighted by Crippen LogP contribution is -2.13. The zero-order valence-electron chi connectivity index (χ0n) is 17.1. The molecule has 3 aromatic rings. The van der Waals surface area contributed by atoms with E-state index in [1.165, 1.54) is 17.3 Å². The summed E-state index contributed by atoms with van der Waals surface area (Å²) in [5.41, 5.74) is 2.99. The Labute approximate surface area is 199 Å². The Morgan fingerprint density at radius 2 is 1.87 bits per heavy atom. The number of hydrogen-bond acceptors (Lipinski definition) is 7. The maximum Gasteiger partial charge on any atom is 0.221 e. The summed E-state index contributed by atoms with van der Waals surface area (Å²) in [5.74, 6) is 0.448. The summed E-state index contributed by atoms with van der Waals surface area (Å²) in [5, 5.41) is 9.33. The molecular weight excluding hydrogens is 471 g/mol. The van der Waals surface area contributed by atoms with Gasteiger partial charge in [0.2, 0.25) is 5.12 Å². The van der Waals surface area contributed by atoms with E-state index in [1.807, 2.05) is 18.2 Å². The first kappa shape index (κ1) is 22.4. The average molecular weight is 493 g/mol. The Morgan fingerprint density at radius 3 is 2.61 bits per heavy atom. The summed E-state index contributed by atoms with van der Waals surface area (Å²) in [4.78, 5) is 21.2. The van der Waals surface area contributed by atoms with Gasteiger partial charge in [-0.3, -0.25) is 4.79 Å². The van der Waals surface area contributed by atoms with E-state index in [4.69, 9.17) is 23.2 Å². The fraction of sp³-hybridized carbons (Fsp3) is 0.318. The molecule has 31 heavy (non-hydrogen) atoms. The number of benzene rings is 2. The van der Waals surface area contributed by atoms with Crippen LogP contribution in [0.5, 0.6) is 0 Å². The molecule has 1 aliphatic rings. The van der Waals surface area contributed by atoms with Gasteiger partial charge in [-0.05, 0) is 60.4 Å². The van der Waals surface area contributed by atoms with Crippen molar-refractivity contribution >= 4 is 77.6 Å². The number of carbonyl (C=O) groups is 1. The van der Waals surface area contributed by atoms with Crippen LogP contribution in [0.4, 0.5) is 10.8 Å². The lowest BCUT2D eigenvalue weighted by molar-refractivity contribution is -0.112. The predicted molar refractivity (Wildman–Crippen MR) is 135 cm³/mol. The molecule has 0 amide bonds. The number of halogens is 2. The lowest BCUT2D eigenvalue weighted by atomic mass is 10.1. The summed E-state index contributed by atoms with van der Waals surface area (Å²) >= 11 is 14.9. The van der Waals surface area contributed by atoms with Crippen molar-refractivity contribution in [1.29, 1.82) is 0 Å². The van der Waals surface area contributed by atoms with E-state index >= 15 is 0 Å². The van der Waals surface area contributed by atoms with Crippen molar-refractivity contribution in [3.8, 4) is 0 Å². The van der Waals surface area contributed by atoms with Crippen LogP contribution in [-0.2, 0) is 11.2 Å². The molecule has 1 aliphatic heterocycles. The summed E-state index contributed by atoms with van der Waals surface area (Å²) in [6, 6.07) is 11.6. The molecule has 1 aromatic heterocycles. The van der Waals surface area contributed by atoms with E-state index in [1.54, 1.807) is 17.4 Å². The van der Waals surface area contributed by atoms with Crippen LogP contribution in [0.15, 0.2) is 41.4 Å².